The van der Waals surface area contributed by atoms with Crippen LogP contribution >= 0.6 is 0 Å². The van der Waals surface area contributed by atoms with Crippen molar-refractivity contribution in [3.63, 3.8) is 0 Å². The number of aromatic amines is 1. The predicted octanol–water partition coefficient (Wildman–Crippen LogP) is 3.51. The van der Waals surface area contributed by atoms with Crippen molar-refractivity contribution in [2.75, 3.05) is 33.5 Å². The smallest absolute Gasteiger partial charge is 0.224 e. The number of carbonyl (C=O) groups excluding carboxylic acids is 3. The van der Waals surface area contributed by atoms with Gasteiger partial charge in [-0.1, -0.05) is 18.9 Å². The maximum Gasteiger partial charge on any atom is 0.224 e. The molecule has 10 nitrogen and oxygen atoms in total. The van der Waals surface area contributed by atoms with Gasteiger partial charge >= 0.3 is 0 Å². The third-order valence-corrected chi connectivity index (χ3v) is 7.54. The summed E-state index contributed by atoms with van der Waals surface area (Å²) in [6, 6.07) is 8.69. The summed E-state index contributed by atoms with van der Waals surface area (Å²) in [6.45, 7) is 5.68. The van der Waals surface area contributed by atoms with E-state index in [1.54, 1.807) is 13.2 Å². The largest absolute Gasteiger partial charge is 0.490 e. The van der Waals surface area contributed by atoms with Gasteiger partial charge in [-0.2, -0.15) is 5.26 Å². The highest BCUT2D eigenvalue weighted by molar-refractivity contribution is 6.02. The number of carbonyl (C=O) groups is 3. The van der Waals surface area contributed by atoms with E-state index in [2.05, 4.69) is 21.7 Å². The number of H-pyrrole nitrogens is 1. The first-order valence-corrected chi connectivity index (χ1v) is 14.1. The van der Waals surface area contributed by atoms with Crippen molar-refractivity contribution in [2.45, 2.75) is 64.0 Å². The second-order valence-corrected chi connectivity index (χ2v) is 11.6. The molecule has 40 heavy (non-hydrogen) atoms. The third-order valence-electron chi connectivity index (χ3n) is 7.54. The lowest BCUT2D eigenvalue weighted by Crippen LogP contribution is -2.40. The Hall–Kier alpha value is -3.42. The molecule has 0 radical (unpaired) electrons. The number of hydrogen-bond donors (Lipinski definition) is 3. The normalized spacial score (nSPS) is 19.6. The summed E-state index contributed by atoms with van der Waals surface area (Å²) in [5.74, 6) is -0.385. The molecule has 216 valence electrons. The van der Waals surface area contributed by atoms with Gasteiger partial charge in [-0.15, -0.1) is 0 Å². The Labute approximate surface area is 235 Å². The summed E-state index contributed by atoms with van der Waals surface area (Å²) in [4.78, 5) is 42.1. The topological polar surface area (TPSA) is 143 Å². The van der Waals surface area contributed by atoms with Crippen LogP contribution in [0.5, 0.6) is 5.75 Å². The fourth-order valence-corrected chi connectivity index (χ4v) is 5.33. The quantitative estimate of drug-likeness (QED) is 0.214. The lowest BCUT2D eigenvalue weighted by Gasteiger charge is -2.20. The minimum Gasteiger partial charge on any atom is -0.490 e. The van der Waals surface area contributed by atoms with E-state index < -0.39 is 12.0 Å². The zero-order chi connectivity index (χ0) is 28.7. The van der Waals surface area contributed by atoms with Crippen LogP contribution in [0.25, 0.3) is 10.9 Å². The molecule has 2 aliphatic rings. The lowest BCUT2D eigenvalue weighted by molar-refractivity contribution is -0.127. The number of amides is 2. The number of nitrogens with one attached hydrogen (secondary N) is 3. The number of ether oxygens (including phenoxy) is 3. The molecular weight excluding hydrogens is 512 g/mol. The highest BCUT2D eigenvalue weighted by atomic mass is 16.5. The number of aromatic nitrogens is 1. The van der Waals surface area contributed by atoms with Crippen LogP contribution in [-0.2, 0) is 19.1 Å². The summed E-state index contributed by atoms with van der Waals surface area (Å²) in [5, 5.41) is 16.3. The van der Waals surface area contributed by atoms with Gasteiger partial charge in [0.2, 0.25) is 11.8 Å². The molecule has 1 aliphatic heterocycles. The zero-order valence-corrected chi connectivity index (χ0v) is 23.6. The van der Waals surface area contributed by atoms with Gasteiger partial charge in [0.1, 0.15) is 18.4 Å². The lowest BCUT2D eigenvalue weighted by atomic mass is 9.90. The molecule has 3 atom stereocenters. The predicted molar refractivity (Wildman–Crippen MR) is 149 cm³/mol. The fraction of sp³-hybridized carbons (Fsp3) is 0.600. The van der Waals surface area contributed by atoms with Gasteiger partial charge in [-0.25, -0.2) is 0 Å². The molecule has 0 bridgehead atoms. The molecule has 4 rings (SSSR count). The van der Waals surface area contributed by atoms with E-state index in [0.717, 1.165) is 23.7 Å². The number of fused-ring (bicyclic) bond motifs is 1. The number of nitriles is 1. The number of Topliss-reactive ketones (excluding diaryl/α,β-unsaturated/α-hetero) is 1. The molecule has 1 saturated heterocycles. The second kappa shape index (κ2) is 13.3. The maximum absolute atomic E-state index is 13.3. The molecule has 3 unspecified atom stereocenters. The first kappa shape index (κ1) is 29.6. The molecule has 2 heterocycles. The Bertz CT molecular complexity index is 1240. The average molecular weight is 553 g/mol. The van der Waals surface area contributed by atoms with Crippen LogP contribution in [0.1, 0.15) is 62.9 Å². The Balaban J connectivity index is 1.38. The van der Waals surface area contributed by atoms with Crippen LogP contribution < -0.4 is 15.4 Å². The first-order chi connectivity index (χ1) is 19.2. The molecular formula is C30H40N4O6. The Morgan fingerprint density at radius 2 is 1.95 bits per heavy atom. The SMILES string of the molecule is COCCOCCOc1cccc2[nH]c(C(=O)CC(CC3CC3)C(=O)NC(C#N)CC3CC(C)(C)NC3=O)cc12. The van der Waals surface area contributed by atoms with E-state index in [1.165, 1.54) is 0 Å². The van der Waals surface area contributed by atoms with E-state index in [4.69, 9.17) is 14.2 Å². The summed E-state index contributed by atoms with van der Waals surface area (Å²) in [5.41, 5.74) is 0.860. The van der Waals surface area contributed by atoms with E-state index in [9.17, 15) is 19.6 Å². The molecule has 1 aromatic carbocycles. The van der Waals surface area contributed by atoms with Crippen LogP contribution in [0.2, 0.25) is 0 Å². The van der Waals surface area contributed by atoms with Gasteiger partial charge in [0.15, 0.2) is 5.78 Å². The van der Waals surface area contributed by atoms with Gasteiger partial charge in [-0.3, -0.25) is 14.4 Å². The van der Waals surface area contributed by atoms with Crippen molar-refractivity contribution in [2.24, 2.45) is 17.8 Å². The maximum atomic E-state index is 13.3. The standard InChI is InChI=1S/C30H40N4O6/c1-30(2)17-21(29(37)34-30)14-22(18-31)32-28(36)20(13-19-7-8-19)15-26(35)25-16-23-24(33-25)5-4-6-27(23)40-12-11-39-10-9-38-3/h4-6,16,19-22,33H,7-15,17H2,1-3H3,(H,32,36)(H,34,37). The third kappa shape index (κ3) is 8.05. The number of methoxy groups -OCH3 is 1. The van der Waals surface area contributed by atoms with E-state index in [-0.39, 0.29) is 41.9 Å². The van der Waals surface area contributed by atoms with E-state index >= 15 is 0 Å². The number of hydrogen-bond acceptors (Lipinski definition) is 7. The van der Waals surface area contributed by atoms with Crippen molar-refractivity contribution in [3.8, 4) is 11.8 Å². The highest BCUT2D eigenvalue weighted by Gasteiger charge is 2.39. The van der Waals surface area contributed by atoms with Crippen molar-refractivity contribution in [1.29, 1.82) is 5.26 Å². The van der Waals surface area contributed by atoms with Crippen LogP contribution in [0.4, 0.5) is 0 Å². The summed E-state index contributed by atoms with van der Waals surface area (Å²) in [6.07, 6.45) is 3.58. The van der Waals surface area contributed by atoms with Crippen LogP contribution in [0.3, 0.4) is 0 Å². The first-order valence-electron chi connectivity index (χ1n) is 14.1. The number of benzene rings is 1. The van der Waals surface area contributed by atoms with E-state index in [0.29, 0.717) is 56.6 Å². The molecule has 1 aliphatic carbocycles. The monoisotopic (exact) mass is 552 g/mol. The summed E-state index contributed by atoms with van der Waals surface area (Å²) < 4.78 is 16.3. The van der Waals surface area contributed by atoms with Crippen LogP contribution in [-0.4, -0.2) is 67.7 Å². The number of nitrogens with zero attached hydrogens (tertiary/aromatic N) is 1. The van der Waals surface area contributed by atoms with Gasteiger partial charge < -0.3 is 29.8 Å². The van der Waals surface area contributed by atoms with Crippen molar-refractivity contribution < 1.29 is 28.6 Å². The fourth-order valence-electron chi connectivity index (χ4n) is 5.33. The van der Waals surface area contributed by atoms with Gasteiger partial charge in [0.05, 0.1) is 31.6 Å². The number of rotatable bonds is 16. The van der Waals surface area contributed by atoms with Crippen LogP contribution in [0.15, 0.2) is 24.3 Å². The highest BCUT2D eigenvalue weighted by Crippen LogP contribution is 2.37. The Kier molecular flexibility index (Phi) is 9.82. The Morgan fingerprint density at radius 3 is 2.62 bits per heavy atom. The zero-order valence-electron chi connectivity index (χ0n) is 23.6. The van der Waals surface area contributed by atoms with Crippen molar-refractivity contribution >= 4 is 28.5 Å². The molecule has 2 amide bonds. The molecule has 3 N–H and O–H groups in total. The van der Waals surface area contributed by atoms with Crippen LogP contribution in [0, 0.1) is 29.1 Å². The molecule has 2 fully saturated rings. The van der Waals surface area contributed by atoms with Crippen molar-refractivity contribution in [3.05, 3.63) is 30.0 Å². The molecule has 2 aromatic rings. The molecule has 1 saturated carbocycles. The minimum atomic E-state index is -0.791. The van der Waals surface area contributed by atoms with Gasteiger partial charge in [0.25, 0.3) is 0 Å². The van der Waals surface area contributed by atoms with Crippen molar-refractivity contribution in [1.82, 2.24) is 15.6 Å². The second-order valence-electron chi connectivity index (χ2n) is 11.6. The molecule has 1 aromatic heterocycles. The van der Waals surface area contributed by atoms with E-state index in [1.807, 2.05) is 32.0 Å². The number of ketones is 1. The molecule has 10 heteroatoms. The average Bonchev–Trinajstić information content (AvgIpc) is 3.55. The molecule has 0 spiro atoms. The Morgan fingerprint density at radius 1 is 1.18 bits per heavy atom. The van der Waals surface area contributed by atoms with Gasteiger partial charge in [-0.05, 0) is 57.2 Å². The summed E-state index contributed by atoms with van der Waals surface area (Å²) in [7, 11) is 1.62. The summed E-state index contributed by atoms with van der Waals surface area (Å²) >= 11 is 0. The minimum absolute atomic E-state index is 0.0355. The van der Waals surface area contributed by atoms with Gasteiger partial charge in [0, 0.05) is 41.8 Å².